The average molecular weight is 247 g/mol. The predicted octanol–water partition coefficient (Wildman–Crippen LogP) is 1.35. The molecule has 18 heavy (non-hydrogen) atoms. The normalized spacial score (nSPS) is 17.3. The molecule has 2 N–H and O–H groups in total. The van der Waals surface area contributed by atoms with Crippen LogP contribution in [0, 0.1) is 6.92 Å². The van der Waals surface area contributed by atoms with Crippen molar-refractivity contribution in [3.8, 4) is 11.5 Å². The maximum atomic E-state index is 5.87. The van der Waals surface area contributed by atoms with Gasteiger partial charge < -0.3 is 19.6 Å². The molecule has 3 rings (SSSR count). The highest BCUT2D eigenvalue weighted by atomic mass is 16.5. The fraction of sp³-hybridized carbons (Fsp3) is 0.333. The molecule has 94 valence electrons. The Bertz CT molecular complexity index is 567. The standard InChI is InChI=1S/C12H13N3O3/c1-7-14-15-12(18-7)6-16-8-2-3-9-10(13)5-17-11(9)4-8/h2-4,10H,5-6,13H2,1H3. The molecular formula is C12H13N3O3. The van der Waals surface area contributed by atoms with E-state index in [9.17, 15) is 0 Å². The SMILES string of the molecule is Cc1nnc(COc2ccc3c(c2)OCC3N)o1. The van der Waals surface area contributed by atoms with Gasteiger partial charge in [0.15, 0.2) is 6.61 Å². The summed E-state index contributed by atoms with van der Waals surface area (Å²) in [6.07, 6.45) is 0. The maximum Gasteiger partial charge on any atom is 0.253 e. The van der Waals surface area contributed by atoms with Crippen LogP contribution in [-0.2, 0) is 6.61 Å². The third-order valence-corrected chi connectivity index (χ3v) is 2.73. The summed E-state index contributed by atoms with van der Waals surface area (Å²) >= 11 is 0. The summed E-state index contributed by atoms with van der Waals surface area (Å²) in [5, 5.41) is 7.58. The topological polar surface area (TPSA) is 83.4 Å². The molecule has 0 fully saturated rings. The van der Waals surface area contributed by atoms with E-state index in [-0.39, 0.29) is 12.6 Å². The molecule has 1 aliphatic heterocycles. The number of nitrogens with two attached hydrogens (primary N) is 1. The minimum atomic E-state index is -0.0485. The first-order valence-corrected chi connectivity index (χ1v) is 5.66. The molecule has 6 nitrogen and oxygen atoms in total. The number of rotatable bonds is 3. The van der Waals surface area contributed by atoms with Gasteiger partial charge in [0.1, 0.15) is 18.1 Å². The van der Waals surface area contributed by atoms with Gasteiger partial charge in [0.25, 0.3) is 5.89 Å². The molecule has 0 bridgehead atoms. The molecule has 2 aromatic rings. The fourth-order valence-electron chi connectivity index (χ4n) is 1.85. The lowest BCUT2D eigenvalue weighted by molar-refractivity contribution is 0.258. The van der Waals surface area contributed by atoms with Gasteiger partial charge in [-0.2, -0.15) is 0 Å². The Kier molecular flexibility index (Phi) is 2.64. The summed E-state index contributed by atoms with van der Waals surface area (Å²) in [5.41, 5.74) is 6.88. The molecular weight excluding hydrogens is 234 g/mol. The first kappa shape index (κ1) is 11.0. The van der Waals surface area contributed by atoms with Crippen molar-refractivity contribution in [2.24, 2.45) is 5.73 Å². The summed E-state index contributed by atoms with van der Waals surface area (Å²) in [7, 11) is 0. The lowest BCUT2D eigenvalue weighted by atomic mass is 10.1. The van der Waals surface area contributed by atoms with E-state index in [4.69, 9.17) is 19.6 Å². The van der Waals surface area contributed by atoms with E-state index in [1.807, 2.05) is 18.2 Å². The third-order valence-electron chi connectivity index (χ3n) is 2.73. The third kappa shape index (κ3) is 2.02. The van der Waals surface area contributed by atoms with Crippen molar-refractivity contribution in [3.63, 3.8) is 0 Å². The quantitative estimate of drug-likeness (QED) is 0.881. The van der Waals surface area contributed by atoms with E-state index in [1.54, 1.807) is 6.92 Å². The molecule has 0 aliphatic carbocycles. The van der Waals surface area contributed by atoms with Crippen LogP contribution in [-0.4, -0.2) is 16.8 Å². The van der Waals surface area contributed by atoms with Gasteiger partial charge in [-0.3, -0.25) is 0 Å². The average Bonchev–Trinajstić information content (AvgIpc) is 2.94. The molecule has 1 aliphatic rings. The number of ether oxygens (including phenoxy) is 2. The number of hydrogen-bond acceptors (Lipinski definition) is 6. The number of aryl methyl sites for hydroxylation is 1. The maximum absolute atomic E-state index is 5.87. The molecule has 2 heterocycles. The van der Waals surface area contributed by atoms with Crippen molar-refractivity contribution in [2.75, 3.05) is 6.61 Å². The minimum Gasteiger partial charge on any atom is -0.491 e. The van der Waals surface area contributed by atoms with Crippen LogP contribution in [0.4, 0.5) is 0 Å². The van der Waals surface area contributed by atoms with Crippen molar-refractivity contribution in [3.05, 3.63) is 35.5 Å². The Labute approximate surface area is 104 Å². The van der Waals surface area contributed by atoms with Crippen molar-refractivity contribution in [1.82, 2.24) is 10.2 Å². The second-order valence-corrected chi connectivity index (χ2v) is 4.12. The van der Waals surface area contributed by atoms with E-state index >= 15 is 0 Å². The Hall–Kier alpha value is -2.08. The first-order chi connectivity index (χ1) is 8.72. The molecule has 0 saturated carbocycles. The van der Waals surface area contributed by atoms with E-state index in [0.717, 1.165) is 11.3 Å². The number of hydrogen-bond donors (Lipinski definition) is 1. The van der Waals surface area contributed by atoms with Crippen LogP contribution in [0.15, 0.2) is 22.6 Å². The fourth-order valence-corrected chi connectivity index (χ4v) is 1.85. The number of nitrogens with zero attached hydrogens (tertiary/aromatic N) is 2. The number of fused-ring (bicyclic) bond motifs is 1. The summed E-state index contributed by atoms with van der Waals surface area (Å²) in [6.45, 7) is 2.49. The zero-order chi connectivity index (χ0) is 12.5. The van der Waals surface area contributed by atoms with Gasteiger partial charge in [-0.25, -0.2) is 0 Å². The van der Waals surface area contributed by atoms with E-state index in [1.165, 1.54) is 0 Å². The molecule has 0 saturated heterocycles. The minimum absolute atomic E-state index is 0.0485. The van der Waals surface area contributed by atoms with Gasteiger partial charge >= 0.3 is 0 Å². The van der Waals surface area contributed by atoms with Crippen molar-refractivity contribution in [2.45, 2.75) is 19.6 Å². The van der Waals surface area contributed by atoms with Crippen LogP contribution in [0.25, 0.3) is 0 Å². The van der Waals surface area contributed by atoms with E-state index in [2.05, 4.69) is 10.2 Å². The highest BCUT2D eigenvalue weighted by Crippen LogP contribution is 2.34. The second kappa shape index (κ2) is 4.30. The summed E-state index contributed by atoms with van der Waals surface area (Å²) in [4.78, 5) is 0. The monoisotopic (exact) mass is 247 g/mol. The van der Waals surface area contributed by atoms with Gasteiger partial charge in [0, 0.05) is 18.6 Å². The highest BCUT2D eigenvalue weighted by Gasteiger charge is 2.20. The van der Waals surface area contributed by atoms with Gasteiger partial charge in [0.05, 0.1) is 6.04 Å². The van der Waals surface area contributed by atoms with Crippen LogP contribution < -0.4 is 15.2 Å². The lowest BCUT2D eigenvalue weighted by Crippen LogP contribution is -2.10. The summed E-state index contributed by atoms with van der Waals surface area (Å²) in [6, 6.07) is 5.55. The van der Waals surface area contributed by atoms with Crippen LogP contribution >= 0.6 is 0 Å². The smallest absolute Gasteiger partial charge is 0.253 e. The van der Waals surface area contributed by atoms with Crippen molar-refractivity contribution in [1.29, 1.82) is 0 Å². The number of benzene rings is 1. The molecule has 0 amide bonds. The molecule has 1 unspecified atom stereocenters. The highest BCUT2D eigenvalue weighted by molar-refractivity contribution is 5.44. The Morgan fingerprint density at radius 1 is 1.44 bits per heavy atom. The van der Waals surface area contributed by atoms with Crippen molar-refractivity contribution < 1.29 is 13.9 Å². The zero-order valence-electron chi connectivity index (χ0n) is 9.92. The van der Waals surface area contributed by atoms with Gasteiger partial charge in [0.2, 0.25) is 5.89 Å². The van der Waals surface area contributed by atoms with Crippen LogP contribution in [0.3, 0.4) is 0 Å². The first-order valence-electron chi connectivity index (χ1n) is 5.66. The Morgan fingerprint density at radius 3 is 3.11 bits per heavy atom. The molecule has 0 spiro atoms. The molecule has 0 radical (unpaired) electrons. The summed E-state index contributed by atoms with van der Waals surface area (Å²) < 4.78 is 16.2. The van der Waals surface area contributed by atoms with Crippen LogP contribution in [0.2, 0.25) is 0 Å². The largest absolute Gasteiger partial charge is 0.491 e. The second-order valence-electron chi connectivity index (χ2n) is 4.12. The summed E-state index contributed by atoms with van der Waals surface area (Å²) in [5.74, 6) is 2.45. The van der Waals surface area contributed by atoms with Crippen LogP contribution in [0.5, 0.6) is 11.5 Å². The number of aromatic nitrogens is 2. The molecule has 1 aromatic heterocycles. The Morgan fingerprint density at radius 2 is 2.33 bits per heavy atom. The van der Waals surface area contributed by atoms with E-state index in [0.29, 0.717) is 24.1 Å². The van der Waals surface area contributed by atoms with E-state index < -0.39 is 0 Å². The van der Waals surface area contributed by atoms with Gasteiger partial charge in [-0.1, -0.05) is 0 Å². The van der Waals surface area contributed by atoms with Gasteiger partial charge in [-0.15, -0.1) is 10.2 Å². The molecule has 1 atom stereocenters. The lowest BCUT2D eigenvalue weighted by Gasteiger charge is -2.05. The molecule has 6 heteroatoms. The predicted molar refractivity (Wildman–Crippen MR) is 62.2 cm³/mol. The van der Waals surface area contributed by atoms with Crippen molar-refractivity contribution >= 4 is 0 Å². The zero-order valence-corrected chi connectivity index (χ0v) is 9.92. The van der Waals surface area contributed by atoms with Gasteiger partial charge in [-0.05, 0) is 12.1 Å². The Balaban J connectivity index is 1.70. The van der Waals surface area contributed by atoms with Crippen LogP contribution in [0.1, 0.15) is 23.4 Å². The molecule has 1 aromatic carbocycles.